The van der Waals surface area contributed by atoms with Crippen LogP contribution in [0.25, 0.3) is 6.08 Å². The zero-order valence-corrected chi connectivity index (χ0v) is 20.5. The molecule has 0 radical (unpaired) electrons. The molecule has 5 amide bonds. The van der Waals surface area contributed by atoms with Gasteiger partial charge in [-0.25, -0.2) is 9.69 Å². The summed E-state index contributed by atoms with van der Waals surface area (Å²) in [5.41, 5.74) is 2.89. The van der Waals surface area contributed by atoms with E-state index >= 15 is 0 Å². The molecule has 0 unspecified atom stereocenters. The number of carbonyl (C=O) groups excluding carboxylic acids is 4. The summed E-state index contributed by atoms with van der Waals surface area (Å²) in [6, 6.07) is 17.9. The molecule has 4 rings (SSSR count). The molecule has 188 valence electrons. The van der Waals surface area contributed by atoms with Crippen LogP contribution in [0.3, 0.4) is 0 Å². The van der Waals surface area contributed by atoms with Crippen LogP contribution in [0.5, 0.6) is 11.5 Å². The quantitative estimate of drug-likeness (QED) is 0.375. The Kier molecular flexibility index (Phi) is 7.34. The number of imide groups is 2. The van der Waals surface area contributed by atoms with Crippen molar-refractivity contribution in [1.29, 1.82) is 0 Å². The predicted octanol–water partition coefficient (Wildman–Crippen LogP) is 4.00. The highest BCUT2D eigenvalue weighted by Gasteiger charge is 2.37. The van der Waals surface area contributed by atoms with Gasteiger partial charge in [0.2, 0.25) is 0 Å². The summed E-state index contributed by atoms with van der Waals surface area (Å²) in [4.78, 5) is 51.8. The van der Waals surface area contributed by atoms with Crippen LogP contribution >= 0.6 is 0 Å². The molecule has 0 aromatic heterocycles. The number of urea groups is 1. The zero-order chi connectivity index (χ0) is 26.5. The van der Waals surface area contributed by atoms with Gasteiger partial charge in [0.25, 0.3) is 17.7 Å². The second-order valence-corrected chi connectivity index (χ2v) is 8.30. The number of barbiturate groups is 1. The van der Waals surface area contributed by atoms with Gasteiger partial charge in [0, 0.05) is 5.56 Å². The topological polar surface area (TPSA) is 114 Å². The Bertz CT molecular complexity index is 1430. The number of amides is 5. The maximum absolute atomic E-state index is 13.2. The van der Waals surface area contributed by atoms with Gasteiger partial charge in [-0.1, -0.05) is 36.4 Å². The number of nitrogens with one attached hydrogen (secondary N) is 2. The first kappa shape index (κ1) is 25.2. The molecule has 0 bridgehead atoms. The van der Waals surface area contributed by atoms with Gasteiger partial charge in [0.05, 0.1) is 18.5 Å². The number of ether oxygens (including phenoxy) is 2. The van der Waals surface area contributed by atoms with Crippen LogP contribution in [0.4, 0.5) is 16.2 Å². The summed E-state index contributed by atoms with van der Waals surface area (Å²) >= 11 is 0. The average Bonchev–Trinajstić information content (AvgIpc) is 2.88. The first-order valence-electron chi connectivity index (χ1n) is 11.4. The van der Waals surface area contributed by atoms with Crippen molar-refractivity contribution < 1.29 is 28.7 Å². The van der Waals surface area contributed by atoms with Crippen LogP contribution in [-0.4, -0.2) is 37.5 Å². The van der Waals surface area contributed by atoms with Crippen molar-refractivity contribution in [2.75, 3.05) is 23.9 Å². The molecule has 3 aromatic carbocycles. The molecule has 0 aliphatic carbocycles. The molecule has 9 nitrogen and oxygen atoms in total. The summed E-state index contributed by atoms with van der Waals surface area (Å²) in [5, 5.41) is 4.93. The lowest BCUT2D eigenvalue weighted by Crippen LogP contribution is -2.54. The Morgan fingerprint density at radius 3 is 2.38 bits per heavy atom. The van der Waals surface area contributed by atoms with Gasteiger partial charge in [0.1, 0.15) is 17.1 Å². The fourth-order valence-corrected chi connectivity index (χ4v) is 3.72. The Hall–Kier alpha value is -4.92. The zero-order valence-electron chi connectivity index (χ0n) is 20.5. The molecule has 0 atom stereocenters. The number of hydrogen-bond acceptors (Lipinski definition) is 6. The monoisotopic (exact) mass is 499 g/mol. The van der Waals surface area contributed by atoms with Crippen molar-refractivity contribution in [3.63, 3.8) is 0 Å². The molecular weight excluding hydrogens is 474 g/mol. The third kappa shape index (κ3) is 5.51. The molecule has 1 heterocycles. The van der Waals surface area contributed by atoms with Crippen LogP contribution in [0.1, 0.15) is 16.7 Å². The van der Waals surface area contributed by atoms with E-state index in [2.05, 4.69) is 10.6 Å². The lowest BCUT2D eigenvalue weighted by atomic mass is 10.0. The van der Waals surface area contributed by atoms with Gasteiger partial charge in [-0.2, -0.15) is 0 Å². The molecule has 3 aromatic rings. The number of para-hydroxylation sites is 3. The van der Waals surface area contributed by atoms with E-state index in [4.69, 9.17) is 9.47 Å². The van der Waals surface area contributed by atoms with Gasteiger partial charge in [-0.3, -0.25) is 19.7 Å². The van der Waals surface area contributed by atoms with Crippen molar-refractivity contribution in [1.82, 2.24) is 5.32 Å². The minimum atomic E-state index is -0.826. The van der Waals surface area contributed by atoms with Crippen LogP contribution < -0.4 is 25.0 Å². The highest BCUT2D eigenvalue weighted by atomic mass is 16.5. The van der Waals surface area contributed by atoms with Crippen LogP contribution in [0, 0.1) is 13.8 Å². The molecule has 0 spiro atoms. The summed E-state index contributed by atoms with van der Waals surface area (Å²) < 4.78 is 10.9. The van der Waals surface area contributed by atoms with Gasteiger partial charge < -0.3 is 14.8 Å². The summed E-state index contributed by atoms with van der Waals surface area (Å²) in [5.74, 6) is -1.23. The molecule has 1 aliphatic rings. The fraction of sp³-hybridized carbons (Fsp3) is 0.143. The normalized spacial score (nSPS) is 14.4. The second-order valence-electron chi connectivity index (χ2n) is 8.30. The van der Waals surface area contributed by atoms with E-state index in [9.17, 15) is 19.2 Å². The van der Waals surface area contributed by atoms with Crippen LogP contribution in [0.2, 0.25) is 0 Å². The Balaban J connectivity index is 1.55. The highest BCUT2D eigenvalue weighted by molar-refractivity contribution is 6.39. The summed E-state index contributed by atoms with van der Waals surface area (Å²) in [6.45, 7) is 3.45. The first-order chi connectivity index (χ1) is 17.8. The van der Waals surface area contributed by atoms with Gasteiger partial charge in [0.15, 0.2) is 6.61 Å². The van der Waals surface area contributed by atoms with E-state index in [1.807, 2.05) is 13.8 Å². The van der Waals surface area contributed by atoms with E-state index in [-0.39, 0.29) is 17.9 Å². The summed E-state index contributed by atoms with van der Waals surface area (Å²) in [6.07, 6.45) is 1.34. The minimum absolute atomic E-state index is 0.243. The third-order valence-electron chi connectivity index (χ3n) is 5.81. The van der Waals surface area contributed by atoms with Gasteiger partial charge in [-0.15, -0.1) is 0 Å². The van der Waals surface area contributed by atoms with Crippen molar-refractivity contribution in [3.05, 3.63) is 89.0 Å². The van der Waals surface area contributed by atoms with E-state index in [0.717, 1.165) is 16.0 Å². The molecule has 1 aliphatic heterocycles. The Morgan fingerprint density at radius 1 is 0.946 bits per heavy atom. The molecule has 2 N–H and O–H groups in total. The Labute approximate surface area is 213 Å². The van der Waals surface area contributed by atoms with Gasteiger partial charge in [-0.05, 0) is 61.4 Å². The van der Waals surface area contributed by atoms with Crippen LogP contribution in [0.15, 0.2) is 72.3 Å². The fourth-order valence-electron chi connectivity index (χ4n) is 3.72. The maximum Gasteiger partial charge on any atom is 0.335 e. The molecular formula is C28H25N3O6. The van der Waals surface area contributed by atoms with E-state index < -0.39 is 23.8 Å². The minimum Gasteiger partial charge on any atom is -0.495 e. The predicted molar refractivity (Wildman–Crippen MR) is 138 cm³/mol. The van der Waals surface area contributed by atoms with Gasteiger partial charge >= 0.3 is 6.03 Å². The molecule has 1 saturated heterocycles. The Morgan fingerprint density at radius 2 is 1.65 bits per heavy atom. The SMILES string of the molecule is COc1ccccc1NC(=O)COc1ccccc1/C=C1/C(=O)NC(=O)N(c2ccc(C)c(C)c2)C1=O. The third-order valence-corrected chi connectivity index (χ3v) is 5.81. The van der Waals surface area contributed by atoms with Crippen LogP contribution in [-0.2, 0) is 14.4 Å². The largest absolute Gasteiger partial charge is 0.495 e. The number of anilines is 2. The van der Waals surface area contributed by atoms with E-state index in [1.54, 1.807) is 66.7 Å². The lowest BCUT2D eigenvalue weighted by Gasteiger charge is -2.27. The van der Waals surface area contributed by atoms with E-state index in [1.165, 1.54) is 13.2 Å². The average molecular weight is 500 g/mol. The van der Waals surface area contributed by atoms with Crippen molar-refractivity contribution in [3.8, 4) is 11.5 Å². The summed E-state index contributed by atoms with van der Waals surface area (Å²) in [7, 11) is 1.50. The van der Waals surface area contributed by atoms with E-state index in [0.29, 0.717) is 22.7 Å². The second kappa shape index (κ2) is 10.8. The number of carbonyl (C=O) groups is 4. The van der Waals surface area contributed by atoms with Crippen molar-refractivity contribution in [2.45, 2.75) is 13.8 Å². The molecule has 1 fully saturated rings. The standard InChI is InChI=1S/C28H25N3O6/c1-17-12-13-20(14-18(17)2)31-27(34)21(26(33)30-28(31)35)15-19-8-4-6-10-23(19)37-16-25(32)29-22-9-5-7-11-24(22)36-3/h4-15H,16H2,1-3H3,(H,29,32)(H,30,33,35)/b21-15-. The number of benzene rings is 3. The number of nitrogens with zero attached hydrogens (tertiary/aromatic N) is 1. The number of rotatable bonds is 7. The molecule has 9 heteroatoms. The lowest BCUT2D eigenvalue weighted by molar-refractivity contribution is -0.122. The van der Waals surface area contributed by atoms with Crippen molar-refractivity contribution >= 4 is 41.2 Å². The number of aryl methyl sites for hydroxylation is 2. The maximum atomic E-state index is 13.2. The molecule has 0 saturated carbocycles. The smallest absolute Gasteiger partial charge is 0.335 e. The molecule has 37 heavy (non-hydrogen) atoms. The highest BCUT2D eigenvalue weighted by Crippen LogP contribution is 2.27. The first-order valence-corrected chi connectivity index (χ1v) is 11.4. The van der Waals surface area contributed by atoms with Crippen molar-refractivity contribution in [2.24, 2.45) is 0 Å². The number of hydrogen-bond donors (Lipinski definition) is 2. The number of methoxy groups -OCH3 is 1.